The number of piperidine rings is 1. The van der Waals surface area contributed by atoms with Gasteiger partial charge in [0.15, 0.2) is 5.82 Å². The molecule has 1 amide bonds. The first kappa shape index (κ1) is 21.6. The topological polar surface area (TPSA) is 79.6 Å². The Kier molecular flexibility index (Phi) is 7.67. The highest BCUT2D eigenvalue weighted by Gasteiger charge is 2.30. The minimum atomic E-state index is 0.136. The molecule has 0 N–H and O–H groups in total. The van der Waals surface area contributed by atoms with Crippen molar-refractivity contribution in [3.05, 3.63) is 5.82 Å². The van der Waals surface area contributed by atoms with Crippen molar-refractivity contribution in [3.8, 4) is 0 Å². The van der Waals surface area contributed by atoms with Gasteiger partial charge in [0, 0.05) is 32.2 Å². The number of carbonyl (C=O) groups excluding carboxylic acids is 1. The molecule has 1 atom stereocenters. The van der Waals surface area contributed by atoms with Crippen LogP contribution in [0.25, 0.3) is 0 Å². The van der Waals surface area contributed by atoms with Gasteiger partial charge in [-0.2, -0.15) is 0 Å². The van der Waals surface area contributed by atoms with Crippen LogP contribution in [-0.2, 0) is 22.6 Å². The van der Waals surface area contributed by atoms with Crippen LogP contribution in [0, 0.1) is 5.92 Å². The Hall–Kier alpha value is -1.58. The van der Waals surface area contributed by atoms with Crippen molar-refractivity contribution in [2.24, 2.45) is 5.92 Å². The van der Waals surface area contributed by atoms with Gasteiger partial charge in [-0.3, -0.25) is 14.6 Å². The molecule has 3 aliphatic rings. The van der Waals surface area contributed by atoms with Gasteiger partial charge in [0.1, 0.15) is 6.54 Å². The Morgan fingerprint density at radius 2 is 1.73 bits per heavy atom. The van der Waals surface area contributed by atoms with Gasteiger partial charge in [-0.1, -0.05) is 12.8 Å². The van der Waals surface area contributed by atoms with Gasteiger partial charge >= 0.3 is 0 Å². The Balaban J connectivity index is 1.25. The van der Waals surface area contributed by atoms with Crippen LogP contribution in [-0.4, -0.2) is 99.3 Å². The first-order valence-corrected chi connectivity index (χ1v) is 11.8. The van der Waals surface area contributed by atoms with E-state index in [-0.39, 0.29) is 12.5 Å². The number of carbonyl (C=O) groups is 1. The second-order valence-corrected chi connectivity index (χ2v) is 9.05. The van der Waals surface area contributed by atoms with Gasteiger partial charge in [-0.15, -0.1) is 5.10 Å². The highest BCUT2D eigenvalue weighted by molar-refractivity contribution is 5.76. The number of rotatable bonds is 6. The zero-order chi connectivity index (χ0) is 20.8. The average molecular weight is 420 g/mol. The van der Waals surface area contributed by atoms with E-state index in [1.54, 1.807) is 4.68 Å². The summed E-state index contributed by atoms with van der Waals surface area (Å²) in [5.41, 5.74) is 0. The molecule has 4 heterocycles. The molecule has 1 aromatic rings. The lowest BCUT2D eigenvalue weighted by molar-refractivity contribution is -0.134. The molecule has 3 saturated heterocycles. The molecule has 0 aromatic carbocycles. The zero-order valence-electron chi connectivity index (χ0n) is 18.4. The molecule has 0 unspecified atom stereocenters. The van der Waals surface area contributed by atoms with Crippen LogP contribution in [0.15, 0.2) is 0 Å². The molecule has 30 heavy (non-hydrogen) atoms. The first-order valence-electron chi connectivity index (χ1n) is 11.8. The molecule has 9 heteroatoms. The number of hydrogen-bond acceptors (Lipinski definition) is 7. The summed E-state index contributed by atoms with van der Waals surface area (Å²) in [6, 6.07) is 0.561. The summed E-state index contributed by atoms with van der Waals surface area (Å²) in [5, 5.41) is 12.2. The smallest absolute Gasteiger partial charge is 0.244 e. The molecular weight excluding hydrogens is 382 g/mol. The van der Waals surface area contributed by atoms with Crippen molar-refractivity contribution in [3.63, 3.8) is 0 Å². The largest absolute Gasteiger partial charge is 0.379 e. The van der Waals surface area contributed by atoms with Gasteiger partial charge in [0.25, 0.3) is 0 Å². The van der Waals surface area contributed by atoms with Crippen LogP contribution in [0.2, 0.25) is 0 Å². The molecule has 0 aliphatic carbocycles. The van der Waals surface area contributed by atoms with Crippen molar-refractivity contribution < 1.29 is 9.53 Å². The number of hydrogen-bond donors (Lipinski definition) is 0. The number of aromatic nitrogens is 4. The van der Waals surface area contributed by atoms with E-state index in [1.165, 1.54) is 25.7 Å². The van der Waals surface area contributed by atoms with Crippen LogP contribution in [0.4, 0.5) is 0 Å². The minimum Gasteiger partial charge on any atom is -0.379 e. The van der Waals surface area contributed by atoms with E-state index in [2.05, 4.69) is 32.2 Å². The maximum atomic E-state index is 12.9. The summed E-state index contributed by atoms with van der Waals surface area (Å²) in [4.78, 5) is 19.9. The van der Waals surface area contributed by atoms with Crippen molar-refractivity contribution >= 4 is 5.91 Å². The Bertz CT molecular complexity index is 660. The predicted molar refractivity (Wildman–Crippen MR) is 113 cm³/mol. The number of tetrazole rings is 1. The zero-order valence-corrected chi connectivity index (χ0v) is 18.4. The molecule has 9 nitrogen and oxygen atoms in total. The standard InChI is InChI=1S/C21H37N7O2/c1-18(26-12-14-30-15-13-26)19-6-10-27(11-7-19)21(29)17-28-20(22-23-24-28)16-25-8-4-2-3-5-9-25/h18-19H,2-17H2,1H3/t18-/m0/s1. The minimum absolute atomic E-state index is 0.136. The molecule has 0 bridgehead atoms. The van der Waals surface area contributed by atoms with Gasteiger partial charge < -0.3 is 9.64 Å². The average Bonchev–Trinajstić information content (AvgIpc) is 3.05. The number of morpholine rings is 1. The van der Waals surface area contributed by atoms with Crippen LogP contribution in [0.1, 0.15) is 51.3 Å². The van der Waals surface area contributed by atoms with Crippen LogP contribution >= 0.6 is 0 Å². The Morgan fingerprint density at radius 1 is 1.03 bits per heavy atom. The number of amides is 1. The van der Waals surface area contributed by atoms with Crippen LogP contribution < -0.4 is 0 Å². The van der Waals surface area contributed by atoms with E-state index >= 15 is 0 Å². The lowest BCUT2D eigenvalue weighted by atomic mass is 9.89. The van der Waals surface area contributed by atoms with E-state index in [9.17, 15) is 4.79 Å². The molecule has 3 aliphatic heterocycles. The van der Waals surface area contributed by atoms with Gasteiger partial charge in [-0.05, 0) is 62.0 Å². The lowest BCUT2D eigenvalue weighted by Crippen LogP contribution is -2.49. The van der Waals surface area contributed by atoms with E-state index in [0.717, 1.165) is 77.7 Å². The highest BCUT2D eigenvalue weighted by Crippen LogP contribution is 2.25. The second-order valence-electron chi connectivity index (χ2n) is 9.05. The number of likely N-dealkylation sites (tertiary alicyclic amines) is 2. The fraction of sp³-hybridized carbons (Fsp3) is 0.905. The third-order valence-electron chi connectivity index (χ3n) is 7.15. The number of ether oxygens (including phenoxy) is 1. The van der Waals surface area contributed by atoms with Crippen LogP contribution in [0.5, 0.6) is 0 Å². The highest BCUT2D eigenvalue weighted by atomic mass is 16.5. The van der Waals surface area contributed by atoms with E-state index in [4.69, 9.17) is 4.74 Å². The molecule has 0 saturated carbocycles. The predicted octanol–water partition coefficient (Wildman–Crippen LogP) is 1.01. The molecule has 1 aromatic heterocycles. The molecule has 3 fully saturated rings. The van der Waals surface area contributed by atoms with E-state index < -0.39 is 0 Å². The molecular formula is C21H37N7O2. The fourth-order valence-electron chi connectivity index (χ4n) is 5.10. The van der Waals surface area contributed by atoms with Crippen molar-refractivity contribution in [1.82, 2.24) is 34.9 Å². The number of nitrogens with zero attached hydrogens (tertiary/aromatic N) is 7. The summed E-state index contributed by atoms with van der Waals surface area (Å²) in [7, 11) is 0. The van der Waals surface area contributed by atoms with Crippen molar-refractivity contribution in [2.45, 2.75) is 64.6 Å². The maximum Gasteiger partial charge on any atom is 0.244 e. The van der Waals surface area contributed by atoms with E-state index in [0.29, 0.717) is 12.0 Å². The Labute approximate surface area is 179 Å². The summed E-state index contributed by atoms with van der Waals surface area (Å²) in [5.74, 6) is 1.59. The van der Waals surface area contributed by atoms with Crippen molar-refractivity contribution in [2.75, 3.05) is 52.5 Å². The summed E-state index contributed by atoms with van der Waals surface area (Å²) < 4.78 is 7.19. The van der Waals surface area contributed by atoms with E-state index in [1.807, 2.05) is 4.90 Å². The third-order valence-corrected chi connectivity index (χ3v) is 7.15. The summed E-state index contributed by atoms with van der Waals surface area (Å²) in [6.07, 6.45) is 7.22. The summed E-state index contributed by atoms with van der Waals surface area (Å²) >= 11 is 0. The van der Waals surface area contributed by atoms with Gasteiger partial charge in [0.05, 0.1) is 19.8 Å². The van der Waals surface area contributed by atoms with Gasteiger partial charge in [0.2, 0.25) is 5.91 Å². The quantitative estimate of drug-likeness (QED) is 0.681. The van der Waals surface area contributed by atoms with Gasteiger partial charge in [-0.25, -0.2) is 4.68 Å². The monoisotopic (exact) mass is 419 g/mol. The SMILES string of the molecule is C[C@@H](C1CCN(C(=O)Cn2nnnc2CN2CCCCCC2)CC1)N1CCOCC1. The summed E-state index contributed by atoms with van der Waals surface area (Å²) in [6.45, 7) is 10.9. The Morgan fingerprint density at radius 3 is 2.43 bits per heavy atom. The lowest BCUT2D eigenvalue weighted by Gasteiger charge is -2.41. The van der Waals surface area contributed by atoms with Crippen LogP contribution in [0.3, 0.4) is 0 Å². The molecule has 4 rings (SSSR count). The molecule has 168 valence electrons. The third kappa shape index (κ3) is 5.56. The van der Waals surface area contributed by atoms with Crippen molar-refractivity contribution in [1.29, 1.82) is 0 Å². The first-order chi connectivity index (χ1) is 14.7. The second kappa shape index (κ2) is 10.6. The normalized spacial score (nSPS) is 24.0. The fourth-order valence-corrected chi connectivity index (χ4v) is 5.10. The molecule has 0 spiro atoms. The maximum absolute atomic E-state index is 12.9. The molecule has 0 radical (unpaired) electrons.